The Morgan fingerprint density at radius 3 is 1.61 bits per heavy atom. The molecule has 0 aliphatic heterocycles. The minimum atomic E-state index is -3.23. The standard InChI is InChI=1S/C25H27NO2PS.Li/c1-30(28,24-18-10-4-11-19-24)26-25(20-12-5-13-21-25)29(27,22-14-6-2-7-15-22)23-16-8-3-9-17-23;/h2-4,6-11,14-19H,1,5,12-13,20-21H2;/q-1;+1. The molecule has 1 aliphatic rings. The van der Waals surface area contributed by atoms with Crippen molar-refractivity contribution < 1.29 is 27.6 Å². The Bertz CT molecular complexity index is 1110. The summed E-state index contributed by atoms with van der Waals surface area (Å²) in [5.74, 6) is 0. The monoisotopic (exact) mass is 443 g/mol. The molecule has 6 heteroatoms. The van der Waals surface area contributed by atoms with Crippen LogP contribution in [0.25, 0.3) is 0 Å². The first-order valence-corrected chi connectivity index (χ1v) is 13.7. The van der Waals surface area contributed by atoms with Crippen LogP contribution in [-0.4, -0.2) is 9.49 Å². The molecule has 156 valence electrons. The quantitative estimate of drug-likeness (QED) is 0.346. The molecule has 1 unspecified atom stereocenters. The summed E-state index contributed by atoms with van der Waals surface area (Å²) >= 11 is 0. The average Bonchev–Trinajstić information content (AvgIpc) is 2.80. The smallest absolute Gasteiger partial charge is 0.311 e. The van der Waals surface area contributed by atoms with Gasteiger partial charge in [-0.15, -0.1) is 0 Å². The molecule has 0 heterocycles. The van der Waals surface area contributed by atoms with Crippen LogP contribution in [-0.2, 0) is 14.3 Å². The van der Waals surface area contributed by atoms with E-state index < -0.39 is 22.2 Å². The Hall–Kier alpha value is -1.56. The molecule has 3 aromatic carbocycles. The first-order chi connectivity index (χ1) is 14.5. The molecule has 0 radical (unpaired) electrons. The summed E-state index contributed by atoms with van der Waals surface area (Å²) < 4.78 is 33.9. The van der Waals surface area contributed by atoms with Crippen LogP contribution in [0.2, 0.25) is 0 Å². The summed E-state index contributed by atoms with van der Waals surface area (Å²) in [6.45, 7) is 0. The summed E-state index contributed by atoms with van der Waals surface area (Å²) in [5, 5.41) is 0.609. The van der Waals surface area contributed by atoms with Gasteiger partial charge in [-0.1, -0.05) is 108 Å². The van der Waals surface area contributed by atoms with E-state index in [0.717, 1.165) is 29.9 Å². The van der Waals surface area contributed by atoms with Crippen molar-refractivity contribution in [1.29, 1.82) is 0 Å². The molecule has 1 atom stereocenters. The maximum atomic E-state index is 15.2. The van der Waals surface area contributed by atoms with Gasteiger partial charge in [0, 0.05) is 15.5 Å². The largest absolute Gasteiger partial charge is 1.00 e. The first-order valence-electron chi connectivity index (χ1n) is 10.4. The van der Waals surface area contributed by atoms with E-state index in [9.17, 15) is 4.21 Å². The van der Waals surface area contributed by atoms with E-state index in [1.165, 1.54) is 0 Å². The molecule has 1 saturated carbocycles. The SMILES string of the molecule is [CH2-]S(=O)(=NC1(P(=O)(c2ccccc2)c2ccccc2)CCCCC1)c1ccccc1.[Li+]. The van der Waals surface area contributed by atoms with Gasteiger partial charge in [0.25, 0.3) is 0 Å². The van der Waals surface area contributed by atoms with Crippen molar-refractivity contribution >= 4 is 27.5 Å². The van der Waals surface area contributed by atoms with E-state index in [1.807, 2.05) is 78.9 Å². The van der Waals surface area contributed by atoms with Gasteiger partial charge in [-0.05, 0) is 25.0 Å². The predicted molar refractivity (Wildman–Crippen MR) is 126 cm³/mol. The van der Waals surface area contributed by atoms with Crippen molar-refractivity contribution in [1.82, 2.24) is 0 Å². The van der Waals surface area contributed by atoms with Crippen LogP contribution in [0.4, 0.5) is 0 Å². The van der Waals surface area contributed by atoms with E-state index in [2.05, 4.69) is 6.26 Å². The van der Waals surface area contributed by atoms with Gasteiger partial charge >= 0.3 is 18.9 Å². The second-order valence-corrected chi connectivity index (χ2v) is 12.9. The van der Waals surface area contributed by atoms with E-state index in [-0.39, 0.29) is 18.9 Å². The molecule has 0 aromatic heterocycles. The molecule has 1 aliphatic carbocycles. The third kappa shape index (κ3) is 4.64. The minimum absolute atomic E-state index is 0. The Balaban J connectivity index is 0.00000272. The van der Waals surface area contributed by atoms with Crippen molar-refractivity contribution in [2.45, 2.75) is 42.3 Å². The summed E-state index contributed by atoms with van der Waals surface area (Å²) in [7, 11) is -6.20. The zero-order chi connectivity index (χ0) is 21.1. The first kappa shape index (κ1) is 24.1. The van der Waals surface area contributed by atoms with Crippen LogP contribution in [0.5, 0.6) is 0 Å². The van der Waals surface area contributed by atoms with Crippen LogP contribution in [0.15, 0.2) is 100 Å². The van der Waals surface area contributed by atoms with E-state index in [0.29, 0.717) is 17.7 Å². The molecule has 1 fully saturated rings. The Labute approximate surface area is 198 Å². The number of benzene rings is 3. The molecule has 0 saturated heterocycles. The van der Waals surface area contributed by atoms with Crippen LogP contribution < -0.4 is 29.5 Å². The van der Waals surface area contributed by atoms with Crippen LogP contribution in [0.3, 0.4) is 0 Å². The summed E-state index contributed by atoms with van der Waals surface area (Å²) in [6.07, 6.45) is 8.21. The topological polar surface area (TPSA) is 46.5 Å². The Morgan fingerprint density at radius 2 is 1.16 bits per heavy atom. The molecule has 0 bridgehead atoms. The van der Waals surface area contributed by atoms with Crippen molar-refractivity contribution in [2.75, 3.05) is 0 Å². The third-order valence-electron chi connectivity index (χ3n) is 5.91. The molecule has 0 spiro atoms. The van der Waals surface area contributed by atoms with Gasteiger partial charge in [-0.25, -0.2) is 10.6 Å². The third-order valence-corrected chi connectivity index (χ3v) is 11.5. The fraction of sp³-hybridized carbons (Fsp3) is 0.240. The number of rotatable bonds is 5. The Kier molecular flexibility index (Phi) is 7.71. The van der Waals surface area contributed by atoms with Gasteiger partial charge in [-0.2, -0.15) is 0 Å². The van der Waals surface area contributed by atoms with Crippen LogP contribution >= 0.6 is 7.14 Å². The maximum absolute atomic E-state index is 15.2. The van der Waals surface area contributed by atoms with Crippen molar-refractivity contribution in [3.8, 4) is 0 Å². The number of hydrogen-bond donors (Lipinski definition) is 0. The fourth-order valence-corrected chi connectivity index (χ4v) is 10.1. The molecule has 31 heavy (non-hydrogen) atoms. The second kappa shape index (κ2) is 9.93. The van der Waals surface area contributed by atoms with Gasteiger partial charge < -0.3 is 4.57 Å². The minimum Gasteiger partial charge on any atom is -0.311 e. The maximum Gasteiger partial charge on any atom is 1.00 e. The van der Waals surface area contributed by atoms with Gasteiger partial charge in [-0.3, -0.25) is 4.21 Å². The molecule has 4 rings (SSSR count). The second-order valence-electron chi connectivity index (χ2n) is 7.87. The van der Waals surface area contributed by atoms with Crippen LogP contribution in [0, 0.1) is 6.26 Å². The van der Waals surface area contributed by atoms with Crippen molar-refractivity contribution in [3.63, 3.8) is 0 Å². The van der Waals surface area contributed by atoms with Gasteiger partial charge in [0.05, 0.1) is 0 Å². The summed E-state index contributed by atoms with van der Waals surface area (Å²) in [5.41, 5.74) is 0. The molecular weight excluding hydrogens is 416 g/mol. The van der Waals surface area contributed by atoms with Gasteiger partial charge in [0.15, 0.2) is 7.14 Å². The molecule has 3 aromatic rings. The van der Waals surface area contributed by atoms with E-state index in [1.54, 1.807) is 12.1 Å². The molecular formula is C25H27LiNO2PS. The average molecular weight is 443 g/mol. The zero-order valence-corrected chi connectivity index (χ0v) is 19.7. The molecule has 3 nitrogen and oxygen atoms in total. The van der Waals surface area contributed by atoms with Gasteiger partial charge in [0.2, 0.25) is 0 Å². The predicted octanol–water partition coefficient (Wildman–Crippen LogP) is 2.98. The summed E-state index contributed by atoms with van der Waals surface area (Å²) in [6, 6.07) is 28.4. The van der Waals surface area contributed by atoms with Crippen molar-refractivity contribution in [2.24, 2.45) is 4.36 Å². The van der Waals surface area contributed by atoms with Crippen molar-refractivity contribution in [3.05, 3.63) is 97.3 Å². The number of nitrogens with zero attached hydrogens (tertiary/aromatic N) is 1. The molecule has 0 N–H and O–H groups in total. The Morgan fingerprint density at radius 1 is 0.742 bits per heavy atom. The zero-order valence-electron chi connectivity index (χ0n) is 18.0. The van der Waals surface area contributed by atoms with Crippen LogP contribution in [0.1, 0.15) is 32.1 Å². The van der Waals surface area contributed by atoms with Gasteiger partial charge in [0.1, 0.15) is 5.28 Å². The van der Waals surface area contributed by atoms with E-state index in [4.69, 9.17) is 4.36 Å². The summed E-state index contributed by atoms with van der Waals surface area (Å²) in [4.78, 5) is 0.586. The van der Waals surface area contributed by atoms with E-state index >= 15 is 4.57 Å². The number of hydrogen-bond acceptors (Lipinski definition) is 3. The normalized spacial score (nSPS) is 17.7. The fourth-order valence-electron chi connectivity index (χ4n) is 4.45. The molecule has 0 amide bonds.